The fourth-order valence-electron chi connectivity index (χ4n) is 0.929. The highest BCUT2D eigenvalue weighted by Gasteiger charge is 2.33. The summed E-state index contributed by atoms with van der Waals surface area (Å²) in [5.41, 5.74) is -1.03. The average Bonchev–Trinajstić information content (AvgIpc) is 2.02. The Morgan fingerprint density at radius 2 is 2.00 bits per heavy atom. The van der Waals surface area contributed by atoms with Crippen LogP contribution < -0.4 is 5.32 Å². The van der Waals surface area contributed by atoms with Crippen LogP contribution in [-0.2, 0) is 11.0 Å². The van der Waals surface area contributed by atoms with Gasteiger partial charge in [0.15, 0.2) is 0 Å². The van der Waals surface area contributed by atoms with E-state index in [0.29, 0.717) is 12.5 Å². The van der Waals surface area contributed by atoms with Gasteiger partial charge in [-0.05, 0) is 12.1 Å². The number of alkyl halides is 3. The second-order valence-corrected chi connectivity index (χ2v) is 2.49. The quantitative estimate of drug-likeness (QED) is 0.725. The maximum Gasteiger partial charge on any atom is 0.419 e. The van der Waals surface area contributed by atoms with Crippen LogP contribution in [0.3, 0.4) is 0 Å². The minimum absolute atomic E-state index is 0.102. The van der Waals surface area contributed by atoms with Crippen LogP contribution in [0.2, 0.25) is 0 Å². The number of phenolic OH excluding ortho intramolecular Hbond substituents is 1. The van der Waals surface area contributed by atoms with Gasteiger partial charge in [0.05, 0.1) is 5.56 Å². The first kappa shape index (κ1) is 10.4. The summed E-state index contributed by atoms with van der Waals surface area (Å²) >= 11 is 0. The van der Waals surface area contributed by atoms with Gasteiger partial charge in [0, 0.05) is 11.8 Å². The normalized spacial score (nSPS) is 11.1. The van der Waals surface area contributed by atoms with E-state index in [4.69, 9.17) is 5.11 Å². The molecule has 3 nitrogen and oxygen atoms in total. The fourth-order valence-corrected chi connectivity index (χ4v) is 0.929. The van der Waals surface area contributed by atoms with Crippen molar-refractivity contribution in [2.24, 2.45) is 0 Å². The smallest absolute Gasteiger partial charge is 0.419 e. The molecule has 1 amide bonds. The molecule has 0 radical (unpaired) electrons. The van der Waals surface area contributed by atoms with Crippen LogP contribution in [0.5, 0.6) is 5.75 Å². The second kappa shape index (κ2) is 3.57. The van der Waals surface area contributed by atoms with E-state index in [1.165, 1.54) is 0 Å². The standard InChI is InChI=1S/C8H6F3NO2/c9-8(10,11)6-2-1-5(12-4-13)3-7(6)14/h1-4,14H,(H,12,13). The van der Waals surface area contributed by atoms with E-state index < -0.39 is 17.5 Å². The van der Waals surface area contributed by atoms with Crippen LogP contribution in [0.4, 0.5) is 18.9 Å². The van der Waals surface area contributed by atoms with E-state index in [0.717, 1.165) is 12.1 Å². The number of benzene rings is 1. The van der Waals surface area contributed by atoms with Crippen LogP contribution in [0.25, 0.3) is 0 Å². The van der Waals surface area contributed by atoms with Crippen LogP contribution >= 0.6 is 0 Å². The lowest BCUT2D eigenvalue weighted by molar-refractivity contribution is -0.138. The van der Waals surface area contributed by atoms with Crippen molar-refractivity contribution in [1.82, 2.24) is 0 Å². The van der Waals surface area contributed by atoms with E-state index in [9.17, 15) is 18.0 Å². The molecule has 0 fully saturated rings. The van der Waals surface area contributed by atoms with Crippen LogP contribution in [-0.4, -0.2) is 11.5 Å². The number of aromatic hydroxyl groups is 1. The molecule has 0 saturated carbocycles. The first-order chi connectivity index (χ1) is 6.45. The first-order valence-electron chi connectivity index (χ1n) is 3.55. The van der Waals surface area contributed by atoms with Gasteiger partial charge in [-0.1, -0.05) is 0 Å². The number of amides is 1. The number of anilines is 1. The maximum atomic E-state index is 12.1. The molecule has 14 heavy (non-hydrogen) atoms. The number of carbonyl (C=O) groups excluding carboxylic acids is 1. The summed E-state index contributed by atoms with van der Waals surface area (Å²) in [6, 6.07) is 2.58. The molecule has 0 spiro atoms. The van der Waals surface area contributed by atoms with Gasteiger partial charge in [-0.15, -0.1) is 0 Å². The molecule has 0 saturated heterocycles. The third kappa shape index (κ3) is 2.15. The Hall–Kier alpha value is -1.72. The molecule has 0 aliphatic carbocycles. The Labute approximate surface area is 77.2 Å². The van der Waals surface area contributed by atoms with Crippen molar-refractivity contribution in [2.45, 2.75) is 6.18 Å². The van der Waals surface area contributed by atoms with Crippen LogP contribution in [0, 0.1) is 0 Å². The number of halogens is 3. The predicted molar refractivity (Wildman–Crippen MR) is 42.8 cm³/mol. The second-order valence-electron chi connectivity index (χ2n) is 2.49. The topological polar surface area (TPSA) is 49.3 Å². The van der Waals surface area contributed by atoms with Gasteiger partial charge in [0.25, 0.3) is 0 Å². The van der Waals surface area contributed by atoms with Gasteiger partial charge in [0.2, 0.25) is 6.41 Å². The zero-order valence-electron chi connectivity index (χ0n) is 6.80. The molecule has 2 N–H and O–H groups in total. The lowest BCUT2D eigenvalue weighted by atomic mass is 10.2. The molecular weight excluding hydrogens is 199 g/mol. The molecule has 0 atom stereocenters. The molecule has 0 aromatic heterocycles. The summed E-state index contributed by atoms with van der Waals surface area (Å²) in [6.45, 7) is 0. The Balaban J connectivity index is 3.07. The van der Waals surface area contributed by atoms with Crippen molar-refractivity contribution < 1.29 is 23.1 Å². The Morgan fingerprint density at radius 1 is 1.36 bits per heavy atom. The lowest BCUT2D eigenvalue weighted by Crippen LogP contribution is -2.05. The number of hydrogen-bond donors (Lipinski definition) is 2. The molecule has 76 valence electrons. The minimum Gasteiger partial charge on any atom is -0.507 e. The van der Waals surface area contributed by atoms with Gasteiger partial charge >= 0.3 is 6.18 Å². The average molecular weight is 205 g/mol. The van der Waals surface area contributed by atoms with Crippen LogP contribution in [0.1, 0.15) is 5.56 Å². The highest BCUT2D eigenvalue weighted by Crippen LogP contribution is 2.36. The van der Waals surface area contributed by atoms with E-state index in [2.05, 4.69) is 5.32 Å². The van der Waals surface area contributed by atoms with E-state index in [-0.39, 0.29) is 5.69 Å². The van der Waals surface area contributed by atoms with Gasteiger partial charge in [-0.25, -0.2) is 0 Å². The largest absolute Gasteiger partial charge is 0.507 e. The van der Waals surface area contributed by atoms with Crippen molar-refractivity contribution in [3.8, 4) is 5.75 Å². The Kier molecular flexibility index (Phi) is 2.64. The van der Waals surface area contributed by atoms with E-state index in [1.807, 2.05) is 0 Å². The van der Waals surface area contributed by atoms with Gasteiger partial charge < -0.3 is 10.4 Å². The number of hydrogen-bond acceptors (Lipinski definition) is 2. The number of rotatable bonds is 2. The zero-order chi connectivity index (χ0) is 10.8. The molecule has 1 aromatic carbocycles. The molecule has 1 aromatic rings. The summed E-state index contributed by atoms with van der Waals surface area (Å²) < 4.78 is 36.3. The summed E-state index contributed by atoms with van der Waals surface area (Å²) in [5.74, 6) is -0.913. The molecule has 6 heteroatoms. The maximum absolute atomic E-state index is 12.1. The third-order valence-electron chi connectivity index (χ3n) is 1.53. The first-order valence-corrected chi connectivity index (χ1v) is 3.55. The predicted octanol–water partition coefficient (Wildman–Crippen LogP) is 1.98. The van der Waals surface area contributed by atoms with Gasteiger partial charge in [0.1, 0.15) is 5.75 Å². The van der Waals surface area contributed by atoms with Crippen molar-refractivity contribution in [2.75, 3.05) is 5.32 Å². The highest BCUT2D eigenvalue weighted by atomic mass is 19.4. The van der Waals surface area contributed by atoms with Crippen molar-refractivity contribution in [3.05, 3.63) is 23.8 Å². The van der Waals surface area contributed by atoms with E-state index in [1.54, 1.807) is 0 Å². The summed E-state index contributed by atoms with van der Waals surface area (Å²) in [7, 11) is 0. The van der Waals surface area contributed by atoms with Crippen molar-refractivity contribution in [3.63, 3.8) is 0 Å². The summed E-state index contributed by atoms with van der Waals surface area (Å²) in [6.07, 6.45) is -4.29. The van der Waals surface area contributed by atoms with Gasteiger partial charge in [-0.3, -0.25) is 4.79 Å². The van der Waals surface area contributed by atoms with Crippen LogP contribution in [0.15, 0.2) is 18.2 Å². The molecule has 0 bridgehead atoms. The SMILES string of the molecule is O=CNc1ccc(C(F)(F)F)c(O)c1. The van der Waals surface area contributed by atoms with Crippen molar-refractivity contribution in [1.29, 1.82) is 0 Å². The van der Waals surface area contributed by atoms with Gasteiger partial charge in [-0.2, -0.15) is 13.2 Å². The minimum atomic E-state index is -4.59. The Morgan fingerprint density at radius 3 is 2.43 bits per heavy atom. The molecular formula is C8H6F3NO2. The lowest BCUT2D eigenvalue weighted by Gasteiger charge is -2.09. The molecule has 0 heterocycles. The number of nitrogens with one attached hydrogen (secondary N) is 1. The summed E-state index contributed by atoms with van der Waals surface area (Å²) in [5, 5.41) is 11.1. The zero-order valence-corrected chi connectivity index (χ0v) is 6.80. The van der Waals surface area contributed by atoms with E-state index >= 15 is 0 Å². The molecule has 0 aliphatic rings. The molecule has 1 rings (SSSR count). The van der Waals surface area contributed by atoms with Crippen molar-refractivity contribution >= 4 is 12.1 Å². The Bertz CT molecular complexity index is 349. The number of carbonyl (C=O) groups is 1. The fraction of sp³-hybridized carbons (Fsp3) is 0.125. The monoisotopic (exact) mass is 205 g/mol. The third-order valence-corrected chi connectivity index (χ3v) is 1.53. The summed E-state index contributed by atoms with van der Waals surface area (Å²) in [4.78, 5) is 9.95. The number of phenols is 1. The highest BCUT2D eigenvalue weighted by molar-refractivity contribution is 5.72. The molecule has 0 aliphatic heterocycles. The molecule has 0 unspecified atom stereocenters.